The molecule has 0 aliphatic carbocycles. The van der Waals surface area contributed by atoms with Crippen LogP contribution < -0.4 is 9.47 Å². The molecule has 0 aromatic heterocycles. The van der Waals surface area contributed by atoms with Crippen LogP contribution in [0.25, 0.3) is 0 Å². The minimum Gasteiger partial charge on any atom is -0.493 e. The highest BCUT2D eigenvalue weighted by Crippen LogP contribution is 2.37. The molecule has 0 radical (unpaired) electrons. The average Bonchev–Trinajstić information content (AvgIpc) is 3.43. The number of amides is 1. The Morgan fingerprint density at radius 3 is 2.48 bits per heavy atom. The second-order valence-corrected chi connectivity index (χ2v) is 6.22. The molecule has 8 nitrogen and oxygen atoms in total. The monoisotopic (exact) mass is 373 g/mol. The van der Waals surface area contributed by atoms with Crippen LogP contribution >= 0.6 is 0 Å². The number of methoxy groups -OCH3 is 2. The zero-order valence-electron chi connectivity index (χ0n) is 15.5. The van der Waals surface area contributed by atoms with E-state index in [0.29, 0.717) is 30.8 Å². The van der Waals surface area contributed by atoms with Gasteiger partial charge in [0.2, 0.25) is 5.91 Å². The molecule has 0 spiro atoms. The molecule has 1 aliphatic heterocycles. The Morgan fingerprint density at radius 2 is 1.93 bits per heavy atom. The number of aliphatic carboxylic acids is 1. The Hall–Kier alpha value is -3.08. The molecule has 8 heteroatoms. The van der Waals surface area contributed by atoms with Crippen molar-refractivity contribution in [1.29, 1.82) is 0 Å². The van der Waals surface area contributed by atoms with Crippen LogP contribution in [-0.4, -0.2) is 48.3 Å². The maximum Gasteiger partial charge on any atom is 0.323 e. The molecule has 27 heavy (non-hydrogen) atoms. The van der Waals surface area contributed by atoms with Crippen molar-refractivity contribution in [2.24, 2.45) is 10.2 Å². The first-order chi connectivity index (χ1) is 12.9. The van der Waals surface area contributed by atoms with Crippen molar-refractivity contribution in [3.05, 3.63) is 23.8 Å². The minimum atomic E-state index is -1.08. The summed E-state index contributed by atoms with van der Waals surface area (Å²) in [7, 11) is 3.04. The van der Waals surface area contributed by atoms with Gasteiger partial charge in [-0.25, -0.2) is 0 Å². The molecule has 2 rings (SSSR count). The summed E-state index contributed by atoms with van der Waals surface area (Å²) in [6.45, 7) is -0.240. The Balaban J connectivity index is 2.03. The van der Waals surface area contributed by atoms with Gasteiger partial charge in [-0.2, -0.15) is 10.2 Å². The molecule has 0 saturated carbocycles. The van der Waals surface area contributed by atoms with Gasteiger partial charge in [0.05, 0.1) is 14.2 Å². The minimum absolute atomic E-state index is 0.150. The fourth-order valence-corrected chi connectivity index (χ4v) is 2.73. The third-order valence-electron chi connectivity index (χ3n) is 4.29. The molecule has 0 fully saturated rings. The third-order valence-corrected chi connectivity index (χ3v) is 4.29. The zero-order valence-corrected chi connectivity index (χ0v) is 15.5. The second-order valence-electron chi connectivity index (χ2n) is 6.22. The van der Waals surface area contributed by atoms with E-state index in [4.69, 9.17) is 21.0 Å². The van der Waals surface area contributed by atoms with E-state index in [1.807, 2.05) is 0 Å². The molecule has 0 atom stereocenters. The van der Waals surface area contributed by atoms with Crippen LogP contribution in [-0.2, 0) is 16.1 Å². The summed E-state index contributed by atoms with van der Waals surface area (Å²) in [6.07, 6.45) is 6.97. The largest absolute Gasteiger partial charge is 0.493 e. The van der Waals surface area contributed by atoms with Gasteiger partial charge in [0.25, 0.3) is 0 Å². The first-order valence-corrected chi connectivity index (χ1v) is 8.51. The highest BCUT2D eigenvalue weighted by Gasteiger charge is 2.39. The first-order valence-electron chi connectivity index (χ1n) is 8.51. The van der Waals surface area contributed by atoms with Crippen molar-refractivity contribution in [2.45, 2.75) is 37.9 Å². The van der Waals surface area contributed by atoms with Gasteiger partial charge in [-0.15, -0.1) is 12.3 Å². The predicted molar refractivity (Wildman–Crippen MR) is 97.5 cm³/mol. The summed E-state index contributed by atoms with van der Waals surface area (Å²) in [4.78, 5) is 25.1. The Kier molecular flexibility index (Phi) is 6.77. The Bertz CT molecular complexity index is 763. The van der Waals surface area contributed by atoms with Gasteiger partial charge in [0.15, 0.2) is 17.2 Å². The van der Waals surface area contributed by atoms with Gasteiger partial charge < -0.3 is 19.5 Å². The lowest BCUT2D eigenvalue weighted by atomic mass is 10.0. The number of carboxylic acid groups (broad SMARTS) is 1. The third kappa shape index (κ3) is 5.71. The van der Waals surface area contributed by atoms with Gasteiger partial charge in [0.1, 0.15) is 6.54 Å². The van der Waals surface area contributed by atoms with Crippen LogP contribution in [0, 0.1) is 12.3 Å². The smallest absolute Gasteiger partial charge is 0.323 e. The summed E-state index contributed by atoms with van der Waals surface area (Å²) in [5.41, 5.74) is 0.172. The average molecular weight is 373 g/mol. The van der Waals surface area contributed by atoms with E-state index < -0.39 is 18.2 Å². The number of carboxylic acids is 1. The molecule has 1 heterocycles. The Morgan fingerprint density at radius 1 is 1.22 bits per heavy atom. The highest BCUT2D eigenvalue weighted by molar-refractivity contribution is 5.81. The van der Waals surface area contributed by atoms with Crippen molar-refractivity contribution in [2.75, 3.05) is 20.8 Å². The maximum atomic E-state index is 12.6. The summed E-state index contributed by atoms with van der Waals surface area (Å²) < 4.78 is 10.4. The molecular weight excluding hydrogens is 350 g/mol. The van der Waals surface area contributed by atoms with Gasteiger partial charge in [-0.05, 0) is 17.7 Å². The standard InChI is InChI=1S/C19H23N3O5/c1-4-5-9-19(20-21-19)10-8-17(23)22(13-18(24)25)12-14-6-7-15(26-2)16(11-14)27-3/h1,6-7,11H,5,8-10,12-13H2,2-3H3,(H,24,25). The molecule has 1 amide bonds. The van der Waals surface area contributed by atoms with Crippen molar-refractivity contribution in [3.63, 3.8) is 0 Å². The highest BCUT2D eigenvalue weighted by atomic mass is 16.5. The van der Waals surface area contributed by atoms with E-state index in [1.54, 1.807) is 18.2 Å². The Labute approximate surface area is 158 Å². The van der Waals surface area contributed by atoms with E-state index in [-0.39, 0.29) is 18.9 Å². The van der Waals surface area contributed by atoms with Crippen LogP contribution in [0.4, 0.5) is 0 Å². The SMILES string of the molecule is C#CCCC1(CCC(=O)N(CC(=O)O)Cc2ccc(OC)c(OC)c2)N=N1. The lowest BCUT2D eigenvalue weighted by molar-refractivity contribution is -0.145. The van der Waals surface area contributed by atoms with Gasteiger partial charge in [-0.3, -0.25) is 9.59 Å². The maximum absolute atomic E-state index is 12.6. The molecule has 1 N–H and O–H groups in total. The number of benzene rings is 1. The van der Waals surface area contributed by atoms with Crippen molar-refractivity contribution >= 4 is 11.9 Å². The lowest BCUT2D eigenvalue weighted by Crippen LogP contribution is -2.35. The number of terminal acetylenes is 1. The fourth-order valence-electron chi connectivity index (χ4n) is 2.73. The summed E-state index contributed by atoms with van der Waals surface area (Å²) in [6, 6.07) is 5.21. The van der Waals surface area contributed by atoms with Crippen molar-refractivity contribution < 1.29 is 24.2 Å². The van der Waals surface area contributed by atoms with E-state index in [9.17, 15) is 9.59 Å². The molecule has 1 aromatic rings. The second kappa shape index (κ2) is 9.03. The molecule has 1 aliphatic rings. The predicted octanol–water partition coefficient (Wildman–Crippen LogP) is 2.47. The van der Waals surface area contributed by atoms with Gasteiger partial charge >= 0.3 is 5.97 Å². The molecule has 144 valence electrons. The fraction of sp³-hybridized carbons (Fsp3) is 0.474. The van der Waals surface area contributed by atoms with Gasteiger partial charge in [-0.1, -0.05) is 6.07 Å². The lowest BCUT2D eigenvalue weighted by Gasteiger charge is -2.22. The van der Waals surface area contributed by atoms with E-state index in [1.165, 1.54) is 19.1 Å². The van der Waals surface area contributed by atoms with Crippen LogP contribution in [0.2, 0.25) is 0 Å². The molecule has 0 saturated heterocycles. The van der Waals surface area contributed by atoms with Crippen LogP contribution in [0.5, 0.6) is 11.5 Å². The number of hydrogen-bond acceptors (Lipinski definition) is 6. The number of rotatable bonds is 11. The quantitative estimate of drug-likeness (QED) is 0.601. The number of nitrogens with zero attached hydrogens (tertiary/aromatic N) is 3. The molecular formula is C19H23N3O5. The van der Waals surface area contributed by atoms with E-state index in [2.05, 4.69) is 16.1 Å². The van der Waals surface area contributed by atoms with E-state index in [0.717, 1.165) is 5.56 Å². The summed E-state index contributed by atoms with van der Waals surface area (Å²) >= 11 is 0. The van der Waals surface area contributed by atoms with Crippen LogP contribution in [0.15, 0.2) is 28.4 Å². The number of ether oxygens (including phenoxy) is 2. The zero-order chi connectivity index (χ0) is 19.9. The van der Waals surface area contributed by atoms with E-state index >= 15 is 0 Å². The summed E-state index contributed by atoms with van der Waals surface area (Å²) in [5, 5.41) is 17.2. The normalized spacial score (nSPS) is 13.5. The molecule has 0 unspecified atom stereocenters. The van der Waals surface area contributed by atoms with Crippen LogP contribution in [0.3, 0.4) is 0 Å². The van der Waals surface area contributed by atoms with Crippen molar-refractivity contribution in [3.8, 4) is 23.8 Å². The first kappa shape index (κ1) is 20.2. The number of carbonyl (C=O) groups is 2. The van der Waals surface area contributed by atoms with Gasteiger partial charge in [0, 0.05) is 32.2 Å². The number of hydrogen-bond donors (Lipinski definition) is 1. The molecule has 0 bridgehead atoms. The topological polar surface area (TPSA) is 101 Å². The summed E-state index contributed by atoms with van der Waals surface area (Å²) in [5.74, 6) is 2.26. The van der Waals surface area contributed by atoms with Crippen molar-refractivity contribution in [1.82, 2.24) is 4.90 Å². The van der Waals surface area contributed by atoms with Crippen LogP contribution in [0.1, 0.15) is 31.2 Å². The molecule has 1 aromatic carbocycles. The number of carbonyl (C=O) groups excluding carboxylic acids is 1.